The maximum atomic E-state index is 14.0. The lowest BCUT2D eigenvalue weighted by Crippen LogP contribution is -2.27. The summed E-state index contributed by atoms with van der Waals surface area (Å²) in [7, 11) is 1.48. The summed E-state index contributed by atoms with van der Waals surface area (Å²) in [5.41, 5.74) is 8.69. The minimum Gasteiger partial charge on any atom is -0.495 e. The zero-order valence-electron chi connectivity index (χ0n) is 21.3. The van der Waals surface area contributed by atoms with E-state index in [1.54, 1.807) is 42.7 Å². The molecule has 0 aliphatic rings. The fourth-order valence-corrected chi connectivity index (χ4v) is 5.13. The predicted octanol–water partition coefficient (Wildman–Crippen LogP) is 7.10. The van der Waals surface area contributed by atoms with Gasteiger partial charge in [0.25, 0.3) is 0 Å². The highest BCUT2D eigenvalue weighted by Gasteiger charge is 2.33. The second-order valence-corrected chi connectivity index (χ2v) is 9.52. The summed E-state index contributed by atoms with van der Waals surface area (Å²) in [6.07, 6.45) is -4.32. The Balaban J connectivity index is 1.96. The van der Waals surface area contributed by atoms with Crippen LogP contribution in [-0.2, 0) is 19.1 Å². The van der Waals surface area contributed by atoms with Crippen molar-refractivity contribution in [1.82, 2.24) is 4.57 Å². The topological polar surface area (TPSA) is 57.2 Å². The molecule has 0 saturated carbocycles. The van der Waals surface area contributed by atoms with Gasteiger partial charge in [-0.2, -0.15) is 13.2 Å². The Bertz CT molecular complexity index is 1510. The van der Waals surface area contributed by atoms with Crippen LogP contribution in [0.5, 0.6) is 5.75 Å². The molecule has 0 radical (unpaired) electrons. The molecule has 1 unspecified atom stereocenters. The Morgan fingerprint density at radius 3 is 2.26 bits per heavy atom. The molecule has 4 aromatic rings. The summed E-state index contributed by atoms with van der Waals surface area (Å²) in [5, 5.41) is 0.250. The highest BCUT2D eigenvalue weighted by Crippen LogP contribution is 2.37. The molecule has 0 amide bonds. The summed E-state index contributed by atoms with van der Waals surface area (Å²) < 4.78 is 48.6. The van der Waals surface area contributed by atoms with Gasteiger partial charge >= 0.3 is 6.18 Å². The van der Waals surface area contributed by atoms with Crippen LogP contribution >= 0.6 is 11.6 Å². The number of hydrogen-bond acceptors (Lipinski definition) is 3. The number of halogens is 4. The number of alkyl halides is 3. The highest BCUT2D eigenvalue weighted by atomic mass is 35.5. The second-order valence-electron chi connectivity index (χ2n) is 9.14. The molecule has 2 N–H and O–H groups in total. The van der Waals surface area contributed by atoms with Gasteiger partial charge in [-0.1, -0.05) is 72.3 Å². The average molecular weight is 541 g/mol. The number of nitrogens with two attached hydrogens (primary N) is 1. The number of pyridine rings is 1. The van der Waals surface area contributed by atoms with Gasteiger partial charge in [0.1, 0.15) is 5.75 Å². The van der Waals surface area contributed by atoms with E-state index in [-0.39, 0.29) is 29.0 Å². The average Bonchev–Trinajstić information content (AvgIpc) is 2.90. The Labute approximate surface area is 224 Å². The molecule has 198 valence electrons. The molecule has 1 atom stereocenters. The van der Waals surface area contributed by atoms with Crippen LogP contribution < -0.4 is 15.9 Å². The van der Waals surface area contributed by atoms with E-state index in [1.165, 1.54) is 19.2 Å². The maximum Gasteiger partial charge on any atom is 0.416 e. The van der Waals surface area contributed by atoms with E-state index in [0.717, 1.165) is 11.6 Å². The number of hydrogen-bond donors (Lipinski definition) is 1. The van der Waals surface area contributed by atoms with Gasteiger partial charge in [0.2, 0.25) is 0 Å². The summed E-state index contributed by atoms with van der Waals surface area (Å²) in [6.45, 7) is 3.38. The van der Waals surface area contributed by atoms with Crippen molar-refractivity contribution in [2.24, 2.45) is 5.73 Å². The summed E-state index contributed by atoms with van der Waals surface area (Å²) in [5.74, 6) is 0.389. The summed E-state index contributed by atoms with van der Waals surface area (Å²) in [4.78, 5) is 14.0. The second kappa shape index (κ2) is 11.1. The molecule has 4 nitrogen and oxygen atoms in total. The fraction of sp³-hybridized carbons (Fsp3) is 0.233. The monoisotopic (exact) mass is 540 g/mol. The SMILES string of the molecule is COc1cccc(-c2c(C)n(Cc3ccccc3C(F)(F)F)c(C)c(CC(N)c3ccccc3)c2=O)c1Cl. The fourth-order valence-electron chi connectivity index (χ4n) is 4.83. The van der Waals surface area contributed by atoms with Gasteiger partial charge in [-0.15, -0.1) is 0 Å². The van der Waals surface area contributed by atoms with Gasteiger partial charge in [-0.3, -0.25) is 4.79 Å². The molecular weight excluding hydrogens is 513 g/mol. The maximum absolute atomic E-state index is 14.0. The quantitative estimate of drug-likeness (QED) is 0.272. The molecule has 1 aromatic heterocycles. The van der Waals surface area contributed by atoms with Crippen LogP contribution in [0.4, 0.5) is 13.2 Å². The van der Waals surface area contributed by atoms with Crippen molar-refractivity contribution in [2.45, 2.75) is 39.0 Å². The van der Waals surface area contributed by atoms with Crippen LogP contribution in [0.25, 0.3) is 11.1 Å². The van der Waals surface area contributed by atoms with Crippen LogP contribution in [0.3, 0.4) is 0 Å². The molecular formula is C30H28ClF3N2O2. The normalized spacial score (nSPS) is 12.4. The lowest BCUT2D eigenvalue weighted by atomic mass is 9.93. The Hall–Kier alpha value is -3.55. The van der Waals surface area contributed by atoms with Gasteiger partial charge in [0.05, 0.1) is 23.3 Å². The lowest BCUT2D eigenvalue weighted by molar-refractivity contribution is -0.138. The number of benzene rings is 3. The van der Waals surface area contributed by atoms with Crippen molar-refractivity contribution in [1.29, 1.82) is 0 Å². The van der Waals surface area contributed by atoms with Gasteiger partial charge in [-0.05, 0) is 43.5 Å². The van der Waals surface area contributed by atoms with Gasteiger partial charge in [0.15, 0.2) is 5.43 Å². The van der Waals surface area contributed by atoms with E-state index in [2.05, 4.69) is 0 Å². The van der Waals surface area contributed by atoms with Crippen LogP contribution in [0, 0.1) is 13.8 Å². The first-order valence-electron chi connectivity index (χ1n) is 12.1. The van der Waals surface area contributed by atoms with Crippen molar-refractivity contribution in [3.05, 3.63) is 122 Å². The van der Waals surface area contributed by atoms with Crippen LogP contribution in [-0.4, -0.2) is 11.7 Å². The number of nitrogens with zero attached hydrogens (tertiary/aromatic N) is 1. The Morgan fingerprint density at radius 2 is 1.61 bits per heavy atom. The van der Waals surface area contributed by atoms with E-state index in [9.17, 15) is 18.0 Å². The van der Waals surface area contributed by atoms with E-state index >= 15 is 0 Å². The third-order valence-electron chi connectivity index (χ3n) is 6.86. The van der Waals surface area contributed by atoms with E-state index < -0.39 is 17.8 Å². The van der Waals surface area contributed by atoms with Crippen LogP contribution in [0.2, 0.25) is 5.02 Å². The van der Waals surface area contributed by atoms with Crippen molar-refractivity contribution in [3.8, 4) is 16.9 Å². The Kier molecular flexibility index (Phi) is 7.99. The van der Waals surface area contributed by atoms with Crippen LogP contribution in [0.15, 0.2) is 77.6 Å². The van der Waals surface area contributed by atoms with Crippen molar-refractivity contribution in [3.63, 3.8) is 0 Å². The minimum absolute atomic E-state index is 0.0875. The smallest absolute Gasteiger partial charge is 0.416 e. The van der Waals surface area contributed by atoms with Crippen molar-refractivity contribution in [2.75, 3.05) is 7.11 Å². The van der Waals surface area contributed by atoms with Crippen molar-refractivity contribution < 1.29 is 17.9 Å². The van der Waals surface area contributed by atoms with Gasteiger partial charge < -0.3 is 15.0 Å². The molecule has 0 aliphatic carbocycles. The molecule has 0 spiro atoms. The molecule has 3 aromatic carbocycles. The lowest BCUT2D eigenvalue weighted by Gasteiger charge is -2.24. The summed E-state index contributed by atoms with van der Waals surface area (Å²) in [6, 6.07) is 19.4. The van der Waals surface area contributed by atoms with E-state index in [4.69, 9.17) is 22.1 Å². The third-order valence-corrected chi connectivity index (χ3v) is 7.25. The zero-order valence-corrected chi connectivity index (χ0v) is 22.0. The predicted molar refractivity (Wildman–Crippen MR) is 145 cm³/mol. The molecule has 1 heterocycles. The molecule has 38 heavy (non-hydrogen) atoms. The minimum atomic E-state index is -4.52. The highest BCUT2D eigenvalue weighted by molar-refractivity contribution is 6.34. The first-order valence-corrected chi connectivity index (χ1v) is 12.4. The third kappa shape index (κ3) is 5.35. The molecule has 4 rings (SSSR count). The van der Waals surface area contributed by atoms with Crippen LogP contribution in [0.1, 0.15) is 39.7 Å². The van der Waals surface area contributed by atoms with E-state index in [1.807, 2.05) is 30.3 Å². The molecule has 8 heteroatoms. The molecule has 0 aliphatic heterocycles. The zero-order chi connectivity index (χ0) is 27.6. The molecule has 0 saturated heterocycles. The van der Waals surface area contributed by atoms with Gasteiger partial charge in [0, 0.05) is 35.1 Å². The number of rotatable bonds is 7. The first-order chi connectivity index (χ1) is 18.0. The number of methoxy groups -OCH3 is 1. The number of ether oxygens (including phenoxy) is 1. The summed E-state index contributed by atoms with van der Waals surface area (Å²) >= 11 is 6.63. The largest absolute Gasteiger partial charge is 0.495 e. The van der Waals surface area contributed by atoms with E-state index in [0.29, 0.717) is 33.8 Å². The molecule has 0 bridgehead atoms. The van der Waals surface area contributed by atoms with Crippen molar-refractivity contribution >= 4 is 11.6 Å². The molecule has 0 fully saturated rings. The van der Waals surface area contributed by atoms with Gasteiger partial charge in [-0.25, -0.2) is 0 Å². The standard InChI is InChI=1S/C30H28ClF3N2O2/c1-18-23(16-25(35)20-10-5-4-6-11-20)29(37)27(22-13-9-15-26(38-3)28(22)31)19(2)36(18)17-21-12-7-8-14-24(21)30(32,33)34/h4-15,25H,16-17,35H2,1-3H3. The Morgan fingerprint density at radius 1 is 0.947 bits per heavy atom. The number of aromatic nitrogens is 1. The first kappa shape index (κ1) is 27.5.